The average molecular weight is 264 g/mol. The van der Waals surface area contributed by atoms with Gasteiger partial charge in [-0.2, -0.15) is 0 Å². The molecule has 0 aliphatic rings. The molecule has 0 aliphatic carbocycles. The topological polar surface area (TPSA) is 35.5 Å². The van der Waals surface area contributed by atoms with E-state index in [9.17, 15) is 0 Å². The molecule has 3 nitrogen and oxygen atoms in total. The quantitative estimate of drug-likeness (QED) is 0.758. The van der Waals surface area contributed by atoms with Gasteiger partial charge < -0.3 is 15.3 Å². The lowest BCUT2D eigenvalue weighted by Gasteiger charge is -2.20. The Kier molecular flexibility index (Phi) is 6.89. The number of rotatable bonds is 8. The molecule has 0 fully saturated rings. The van der Waals surface area contributed by atoms with Crippen LogP contribution in [-0.4, -0.2) is 31.9 Å². The molecule has 1 rings (SSSR count). The molecule has 19 heavy (non-hydrogen) atoms. The highest BCUT2D eigenvalue weighted by Crippen LogP contribution is 2.18. The van der Waals surface area contributed by atoms with Crippen LogP contribution in [0.25, 0.3) is 0 Å². The van der Waals surface area contributed by atoms with E-state index in [4.69, 9.17) is 5.11 Å². The van der Waals surface area contributed by atoms with Gasteiger partial charge in [0.15, 0.2) is 0 Å². The van der Waals surface area contributed by atoms with Crippen LogP contribution in [0.5, 0.6) is 0 Å². The Bertz CT molecular complexity index is 350. The first-order chi connectivity index (χ1) is 9.08. The molecule has 2 unspecified atom stereocenters. The van der Waals surface area contributed by atoms with Crippen LogP contribution >= 0.6 is 0 Å². The van der Waals surface area contributed by atoms with E-state index < -0.39 is 0 Å². The summed E-state index contributed by atoms with van der Waals surface area (Å²) in [7, 11) is 2.10. The van der Waals surface area contributed by atoms with Crippen LogP contribution < -0.4 is 10.2 Å². The molecule has 0 amide bonds. The summed E-state index contributed by atoms with van der Waals surface area (Å²) in [6.07, 6.45) is 0.861. The fourth-order valence-corrected chi connectivity index (χ4v) is 2.02. The van der Waals surface area contributed by atoms with Crippen molar-refractivity contribution in [2.24, 2.45) is 5.92 Å². The maximum atomic E-state index is 8.89. The van der Waals surface area contributed by atoms with Crippen molar-refractivity contribution in [3.63, 3.8) is 0 Å². The summed E-state index contributed by atoms with van der Waals surface area (Å²) in [5, 5.41) is 12.4. The van der Waals surface area contributed by atoms with Gasteiger partial charge in [0.1, 0.15) is 0 Å². The highest BCUT2D eigenvalue weighted by Gasteiger charge is 2.08. The second-order valence-electron chi connectivity index (χ2n) is 5.35. The molecule has 0 spiro atoms. The van der Waals surface area contributed by atoms with Crippen LogP contribution in [0.1, 0.15) is 38.8 Å². The summed E-state index contributed by atoms with van der Waals surface area (Å²) in [6.45, 7) is 8.74. The van der Waals surface area contributed by atoms with E-state index in [1.807, 2.05) is 0 Å². The maximum absolute atomic E-state index is 8.89. The molecule has 0 heterocycles. The minimum atomic E-state index is 0.273. The Morgan fingerprint density at radius 1 is 1.21 bits per heavy atom. The van der Waals surface area contributed by atoms with Gasteiger partial charge in [0.05, 0.1) is 0 Å². The minimum Gasteiger partial charge on any atom is -0.396 e. The van der Waals surface area contributed by atoms with Gasteiger partial charge in [0, 0.05) is 31.9 Å². The number of hydrogen-bond acceptors (Lipinski definition) is 3. The van der Waals surface area contributed by atoms with Gasteiger partial charge in [-0.3, -0.25) is 0 Å². The van der Waals surface area contributed by atoms with Gasteiger partial charge in [0.2, 0.25) is 0 Å². The van der Waals surface area contributed by atoms with Crippen molar-refractivity contribution in [2.75, 3.05) is 31.6 Å². The maximum Gasteiger partial charge on any atom is 0.0434 e. The second kappa shape index (κ2) is 8.18. The standard InChI is InChI=1S/C16H28N2O/c1-5-18(4)16-8-6-15(7-9-16)14(3)17-12-13(2)10-11-19/h6-9,13-14,17,19H,5,10-12H2,1-4H3. The highest BCUT2D eigenvalue weighted by molar-refractivity contribution is 5.47. The van der Waals surface area contributed by atoms with E-state index >= 15 is 0 Å². The summed E-state index contributed by atoms with van der Waals surface area (Å²) >= 11 is 0. The van der Waals surface area contributed by atoms with E-state index in [1.54, 1.807) is 0 Å². The van der Waals surface area contributed by atoms with Crippen molar-refractivity contribution in [3.05, 3.63) is 29.8 Å². The number of nitrogens with zero attached hydrogens (tertiary/aromatic N) is 1. The molecule has 0 aromatic heterocycles. The van der Waals surface area contributed by atoms with Crippen molar-refractivity contribution in [2.45, 2.75) is 33.2 Å². The van der Waals surface area contributed by atoms with Crippen molar-refractivity contribution >= 4 is 5.69 Å². The van der Waals surface area contributed by atoms with E-state index in [-0.39, 0.29) is 6.61 Å². The van der Waals surface area contributed by atoms with Crippen LogP contribution in [0.15, 0.2) is 24.3 Å². The Morgan fingerprint density at radius 3 is 2.37 bits per heavy atom. The van der Waals surface area contributed by atoms with Crippen molar-refractivity contribution in [1.82, 2.24) is 5.32 Å². The summed E-state index contributed by atoms with van der Waals surface area (Å²) in [5.41, 5.74) is 2.57. The number of nitrogens with one attached hydrogen (secondary N) is 1. The van der Waals surface area contributed by atoms with Crippen molar-refractivity contribution < 1.29 is 5.11 Å². The zero-order valence-corrected chi connectivity index (χ0v) is 12.7. The molecule has 0 saturated carbocycles. The van der Waals surface area contributed by atoms with Crippen molar-refractivity contribution in [3.8, 4) is 0 Å². The normalized spacial score (nSPS) is 14.2. The van der Waals surface area contributed by atoms with Crippen LogP contribution in [0.3, 0.4) is 0 Å². The number of aliphatic hydroxyl groups excluding tert-OH is 1. The predicted molar refractivity (Wildman–Crippen MR) is 82.7 cm³/mol. The highest BCUT2D eigenvalue weighted by atomic mass is 16.3. The molecule has 1 aromatic rings. The third kappa shape index (κ3) is 5.21. The minimum absolute atomic E-state index is 0.273. The molecule has 0 saturated heterocycles. The van der Waals surface area contributed by atoms with Crippen LogP contribution in [0, 0.1) is 5.92 Å². The lowest BCUT2D eigenvalue weighted by molar-refractivity contribution is 0.258. The lowest BCUT2D eigenvalue weighted by Crippen LogP contribution is -2.25. The average Bonchev–Trinajstić information content (AvgIpc) is 2.44. The molecule has 0 radical (unpaired) electrons. The summed E-state index contributed by atoms with van der Waals surface area (Å²) in [5.74, 6) is 0.512. The molecule has 2 atom stereocenters. The summed E-state index contributed by atoms with van der Waals surface area (Å²) in [4.78, 5) is 2.23. The monoisotopic (exact) mass is 264 g/mol. The van der Waals surface area contributed by atoms with Gasteiger partial charge in [-0.1, -0.05) is 19.1 Å². The van der Waals surface area contributed by atoms with Gasteiger partial charge in [-0.15, -0.1) is 0 Å². The fraction of sp³-hybridized carbons (Fsp3) is 0.625. The lowest BCUT2D eigenvalue weighted by atomic mass is 10.1. The number of anilines is 1. The summed E-state index contributed by atoms with van der Waals surface area (Å²) < 4.78 is 0. The van der Waals surface area contributed by atoms with Crippen LogP contribution in [-0.2, 0) is 0 Å². The predicted octanol–water partition coefficient (Wildman–Crippen LogP) is 2.81. The first-order valence-corrected chi connectivity index (χ1v) is 7.23. The SMILES string of the molecule is CCN(C)c1ccc(C(C)NCC(C)CCO)cc1. The van der Waals surface area contributed by atoms with Gasteiger partial charge in [-0.25, -0.2) is 0 Å². The number of hydrogen-bond donors (Lipinski definition) is 2. The van der Waals surface area contributed by atoms with Crippen molar-refractivity contribution in [1.29, 1.82) is 0 Å². The Balaban J connectivity index is 2.50. The first-order valence-electron chi connectivity index (χ1n) is 7.23. The summed E-state index contributed by atoms with van der Waals surface area (Å²) in [6, 6.07) is 9.08. The molecule has 3 heteroatoms. The Labute approximate surface area is 117 Å². The zero-order valence-electron chi connectivity index (χ0n) is 12.7. The van der Waals surface area contributed by atoms with Gasteiger partial charge >= 0.3 is 0 Å². The van der Waals surface area contributed by atoms with Gasteiger partial charge in [-0.05, 0) is 50.4 Å². The third-order valence-electron chi connectivity index (χ3n) is 3.70. The second-order valence-corrected chi connectivity index (χ2v) is 5.35. The molecule has 108 valence electrons. The van der Waals surface area contributed by atoms with E-state index in [0.717, 1.165) is 19.5 Å². The molecule has 0 bridgehead atoms. The Morgan fingerprint density at radius 2 is 1.84 bits per heavy atom. The fourth-order valence-electron chi connectivity index (χ4n) is 2.02. The van der Waals surface area contributed by atoms with E-state index in [2.05, 4.69) is 62.3 Å². The Hall–Kier alpha value is -1.06. The molecule has 1 aromatic carbocycles. The van der Waals surface area contributed by atoms with Crippen LogP contribution in [0.2, 0.25) is 0 Å². The number of benzene rings is 1. The largest absolute Gasteiger partial charge is 0.396 e. The molecule has 2 N–H and O–H groups in total. The smallest absolute Gasteiger partial charge is 0.0434 e. The number of aliphatic hydroxyl groups is 1. The van der Waals surface area contributed by atoms with E-state index in [0.29, 0.717) is 12.0 Å². The zero-order chi connectivity index (χ0) is 14.3. The molecular weight excluding hydrogens is 236 g/mol. The third-order valence-corrected chi connectivity index (χ3v) is 3.70. The van der Waals surface area contributed by atoms with E-state index in [1.165, 1.54) is 11.3 Å². The molecular formula is C16H28N2O. The first kappa shape index (κ1) is 16.0. The molecule has 0 aliphatic heterocycles. The van der Waals surface area contributed by atoms with Gasteiger partial charge in [0.25, 0.3) is 0 Å². The van der Waals surface area contributed by atoms with Crippen LogP contribution in [0.4, 0.5) is 5.69 Å².